The molecule has 2 aromatic heterocycles. The fourth-order valence-electron chi connectivity index (χ4n) is 3.78. The quantitative estimate of drug-likeness (QED) is 0.701. The van der Waals surface area contributed by atoms with E-state index in [-0.39, 0.29) is 11.9 Å². The molecule has 0 bridgehead atoms. The monoisotopic (exact) mass is 403 g/mol. The number of amides is 1. The Labute approximate surface area is 173 Å². The predicted octanol–water partition coefficient (Wildman–Crippen LogP) is 1.56. The number of carbonyl (C=O) groups is 1. The van der Waals surface area contributed by atoms with E-state index in [0.29, 0.717) is 56.6 Å². The fraction of sp³-hybridized carbons (Fsp3) is 0.286. The topological polar surface area (TPSA) is 110 Å². The van der Waals surface area contributed by atoms with Crippen LogP contribution in [-0.2, 0) is 11.2 Å². The lowest BCUT2D eigenvalue weighted by Crippen LogP contribution is -2.38. The van der Waals surface area contributed by atoms with Crippen LogP contribution in [0.2, 0.25) is 0 Å². The third-order valence-corrected chi connectivity index (χ3v) is 5.32. The number of anilines is 3. The second kappa shape index (κ2) is 7.68. The zero-order valence-corrected chi connectivity index (χ0v) is 16.4. The van der Waals surface area contributed by atoms with E-state index in [1.807, 2.05) is 30.3 Å². The Morgan fingerprint density at radius 1 is 1.00 bits per heavy atom. The summed E-state index contributed by atoms with van der Waals surface area (Å²) in [6.45, 7) is 3.18. The number of morpholine rings is 1. The number of nitrogen functional groups attached to an aromatic ring is 1. The largest absolute Gasteiger partial charge is 0.378 e. The van der Waals surface area contributed by atoms with Crippen LogP contribution in [0.4, 0.5) is 17.7 Å². The van der Waals surface area contributed by atoms with Crippen molar-refractivity contribution >= 4 is 23.6 Å². The van der Waals surface area contributed by atoms with Gasteiger partial charge in [-0.1, -0.05) is 18.2 Å². The number of aromatic nitrogens is 4. The van der Waals surface area contributed by atoms with Crippen LogP contribution in [0.15, 0.2) is 42.7 Å². The summed E-state index contributed by atoms with van der Waals surface area (Å²) < 4.78 is 5.46. The van der Waals surface area contributed by atoms with E-state index in [1.54, 1.807) is 17.3 Å². The number of hydrogen-bond donors (Lipinski definition) is 1. The first-order chi connectivity index (χ1) is 14.7. The summed E-state index contributed by atoms with van der Waals surface area (Å²) in [7, 11) is 0. The third-order valence-electron chi connectivity index (χ3n) is 5.32. The van der Waals surface area contributed by atoms with Crippen LogP contribution in [0.5, 0.6) is 0 Å². The van der Waals surface area contributed by atoms with Crippen molar-refractivity contribution in [3.05, 3.63) is 53.9 Å². The van der Waals surface area contributed by atoms with Crippen LogP contribution in [0.1, 0.15) is 15.9 Å². The second-order valence-corrected chi connectivity index (χ2v) is 7.18. The number of rotatable bonds is 3. The molecule has 5 rings (SSSR count). The highest BCUT2D eigenvalue weighted by Gasteiger charge is 2.32. The first-order valence-corrected chi connectivity index (χ1v) is 9.89. The molecule has 0 spiro atoms. The van der Waals surface area contributed by atoms with Gasteiger partial charge in [-0.15, -0.1) is 0 Å². The van der Waals surface area contributed by atoms with Gasteiger partial charge in [0.1, 0.15) is 5.82 Å². The maximum atomic E-state index is 13.2. The number of nitrogens with zero attached hydrogens (tertiary/aromatic N) is 6. The summed E-state index contributed by atoms with van der Waals surface area (Å²) in [5.74, 6) is 1.36. The molecule has 9 nitrogen and oxygen atoms in total. The van der Waals surface area contributed by atoms with Crippen molar-refractivity contribution in [2.24, 2.45) is 0 Å². The second-order valence-electron chi connectivity index (χ2n) is 7.18. The molecule has 0 unspecified atom stereocenters. The molecule has 30 heavy (non-hydrogen) atoms. The smallest absolute Gasteiger partial charge is 0.259 e. The van der Waals surface area contributed by atoms with Crippen LogP contribution in [0.25, 0.3) is 11.3 Å². The minimum Gasteiger partial charge on any atom is -0.378 e. The minimum atomic E-state index is -0.0690. The average molecular weight is 403 g/mol. The van der Waals surface area contributed by atoms with Gasteiger partial charge in [0.25, 0.3) is 5.91 Å². The number of nitrogens with two attached hydrogens (primary N) is 1. The van der Waals surface area contributed by atoms with Gasteiger partial charge in [-0.2, -0.15) is 4.98 Å². The molecule has 9 heteroatoms. The molecule has 2 aliphatic rings. The van der Waals surface area contributed by atoms with E-state index in [2.05, 4.69) is 14.9 Å². The lowest BCUT2D eigenvalue weighted by atomic mass is 10.1. The van der Waals surface area contributed by atoms with Gasteiger partial charge in [0.05, 0.1) is 18.9 Å². The molecule has 152 valence electrons. The molecule has 0 atom stereocenters. The molecular weight excluding hydrogens is 382 g/mol. The molecule has 2 N–H and O–H groups in total. The van der Waals surface area contributed by atoms with Crippen molar-refractivity contribution in [3.63, 3.8) is 0 Å². The summed E-state index contributed by atoms with van der Waals surface area (Å²) in [6, 6.07) is 9.26. The maximum absolute atomic E-state index is 13.2. The van der Waals surface area contributed by atoms with Crippen LogP contribution in [0.3, 0.4) is 0 Å². The van der Waals surface area contributed by atoms with E-state index < -0.39 is 0 Å². The van der Waals surface area contributed by atoms with Crippen LogP contribution in [0, 0.1) is 0 Å². The Morgan fingerprint density at radius 3 is 2.47 bits per heavy atom. The number of benzene rings is 1. The Kier molecular flexibility index (Phi) is 4.72. The van der Waals surface area contributed by atoms with E-state index in [1.165, 1.54) is 0 Å². The Bertz CT molecular complexity index is 1070. The molecule has 0 saturated carbocycles. The minimum absolute atomic E-state index is 0.0690. The highest BCUT2D eigenvalue weighted by molar-refractivity contribution is 6.07. The van der Waals surface area contributed by atoms with Gasteiger partial charge in [0.2, 0.25) is 11.9 Å². The van der Waals surface area contributed by atoms with Crippen molar-refractivity contribution in [1.82, 2.24) is 19.9 Å². The number of ether oxygens (including phenoxy) is 1. The maximum Gasteiger partial charge on any atom is 0.259 e. The van der Waals surface area contributed by atoms with E-state index in [9.17, 15) is 4.79 Å². The average Bonchev–Trinajstić information content (AvgIpc) is 3.24. The molecule has 0 aliphatic carbocycles. The molecule has 1 aromatic carbocycles. The van der Waals surface area contributed by atoms with Gasteiger partial charge in [0, 0.05) is 48.7 Å². The van der Waals surface area contributed by atoms with Gasteiger partial charge < -0.3 is 15.4 Å². The van der Waals surface area contributed by atoms with E-state index >= 15 is 0 Å². The van der Waals surface area contributed by atoms with Gasteiger partial charge in [-0.05, 0) is 18.6 Å². The number of fused-ring (bicyclic) bond motifs is 1. The van der Waals surface area contributed by atoms with Crippen molar-refractivity contribution in [1.29, 1.82) is 0 Å². The van der Waals surface area contributed by atoms with Gasteiger partial charge in [-0.3, -0.25) is 9.69 Å². The molecule has 1 fully saturated rings. The van der Waals surface area contributed by atoms with E-state index in [4.69, 9.17) is 20.4 Å². The number of carbonyl (C=O) groups excluding carboxylic acids is 1. The molecule has 4 heterocycles. The first kappa shape index (κ1) is 18.4. The van der Waals surface area contributed by atoms with Gasteiger partial charge in [0.15, 0.2) is 0 Å². The third kappa shape index (κ3) is 3.33. The summed E-state index contributed by atoms with van der Waals surface area (Å²) in [5, 5.41) is 0. The van der Waals surface area contributed by atoms with Crippen molar-refractivity contribution < 1.29 is 9.53 Å². The number of hydrogen-bond acceptors (Lipinski definition) is 8. The zero-order chi connectivity index (χ0) is 20.5. The predicted molar refractivity (Wildman–Crippen MR) is 112 cm³/mol. The van der Waals surface area contributed by atoms with Gasteiger partial charge >= 0.3 is 0 Å². The highest BCUT2D eigenvalue weighted by atomic mass is 16.5. The van der Waals surface area contributed by atoms with E-state index in [0.717, 1.165) is 16.8 Å². The summed E-state index contributed by atoms with van der Waals surface area (Å²) in [6.07, 6.45) is 3.99. The summed E-state index contributed by atoms with van der Waals surface area (Å²) >= 11 is 0. The molecule has 3 aromatic rings. The molecule has 2 aliphatic heterocycles. The Morgan fingerprint density at radius 2 is 1.73 bits per heavy atom. The summed E-state index contributed by atoms with van der Waals surface area (Å²) in [4.78, 5) is 34.9. The van der Waals surface area contributed by atoms with Crippen LogP contribution in [-0.4, -0.2) is 58.7 Å². The van der Waals surface area contributed by atoms with Crippen molar-refractivity contribution in [3.8, 4) is 11.3 Å². The van der Waals surface area contributed by atoms with Crippen molar-refractivity contribution in [2.75, 3.05) is 48.4 Å². The fourth-order valence-corrected chi connectivity index (χ4v) is 3.78. The lowest BCUT2D eigenvalue weighted by Gasteiger charge is -2.28. The van der Waals surface area contributed by atoms with Crippen LogP contribution >= 0.6 is 0 Å². The van der Waals surface area contributed by atoms with Gasteiger partial charge in [-0.25, -0.2) is 15.0 Å². The SMILES string of the molecule is Nc1ncc(-c2nc(N3CCOCC3)nc3c2CCN3C(=O)c2ccccc2)cn1. The highest BCUT2D eigenvalue weighted by Crippen LogP contribution is 2.36. The van der Waals surface area contributed by atoms with Crippen LogP contribution < -0.4 is 15.5 Å². The molecule has 1 saturated heterocycles. The standard InChI is InChI=1S/C21H21N7O2/c22-20-23-12-15(13-24-20)17-16-6-7-28(19(29)14-4-2-1-3-5-14)18(16)26-21(25-17)27-8-10-30-11-9-27/h1-5,12-13H,6-11H2,(H2,22,23,24). The Hall–Kier alpha value is -3.59. The summed E-state index contributed by atoms with van der Waals surface area (Å²) in [5.41, 5.74) is 8.71. The normalized spacial score (nSPS) is 15.9. The molecule has 1 amide bonds. The molecular formula is C21H21N7O2. The first-order valence-electron chi connectivity index (χ1n) is 9.89. The Balaban J connectivity index is 1.61. The molecule has 0 radical (unpaired) electrons. The zero-order valence-electron chi connectivity index (χ0n) is 16.4. The lowest BCUT2D eigenvalue weighted by molar-refractivity contribution is 0.0988. The van der Waals surface area contributed by atoms with Crippen molar-refractivity contribution in [2.45, 2.75) is 6.42 Å².